The largest absolute Gasteiger partial charge is 0.492 e. The van der Waals surface area contributed by atoms with Crippen molar-refractivity contribution in [1.82, 2.24) is 4.57 Å². The van der Waals surface area contributed by atoms with Crippen LogP contribution in [0.3, 0.4) is 0 Å². The van der Waals surface area contributed by atoms with Crippen LogP contribution in [0.1, 0.15) is 48.3 Å². The number of esters is 1. The fraction of sp³-hybridized carbons (Fsp3) is 0.360. The minimum absolute atomic E-state index is 0.0831. The van der Waals surface area contributed by atoms with Gasteiger partial charge in [-0.1, -0.05) is 13.8 Å². The second-order valence-corrected chi connectivity index (χ2v) is 8.42. The van der Waals surface area contributed by atoms with Gasteiger partial charge in [0.15, 0.2) is 5.43 Å². The summed E-state index contributed by atoms with van der Waals surface area (Å²) in [6.45, 7) is 6.88. The Morgan fingerprint density at radius 1 is 1.32 bits per heavy atom. The number of carbonyl (C=O) groups is 1. The molecule has 2 aromatic heterocycles. The van der Waals surface area contributed by atoms with Crippen LogP contribution in [0.15, 0.2) is 45.9 Å². The summed E-state index contributed by atoms with van der Waals surface area (Å²) in [4.78, 5) is 25.3. The Kier molecular flexibility index (Phi) is 4.73. The van der Waals surface area contributed by atoms with Gasteiger partial charge in [0.25, 0.3) is 0 Å². The topological polar surface area (TPSA) is 70.7 Å². The average molecular weight is 419 g/mol. The first-order chi connectivity index (χ1) is 15.0. The molecule has 1 unspecified atom stereocenters. The third-order valence-corrected chi connectivity index (χ3v) is 6.23. The standard InChI is InChI=1S/C25H25NO5/c1-4-29-25(28)18-13-26-19(14(2)3)11-15-10-17(22-6-5-8-30-22)24-16(7-9-31-24)23(15)20(26)12-21(18)27/h5-6,8,10,12-14,19H,4,7,9,11H2,1-3H3. The number of rotatable bonds is 4. The SMILES string of the molecule is CCOC(=O)c1cn2c(cc1=O)-c1c(cc(-c3ccco3)c3c1CCO3)CC2C(C)C. The van der Waals surface area contributed by atoms with E-state index in [-0.39, 0.29) is 23.6 Å². The van der Waals surface area contributed by atoms with E-state index in [4.69, 9.17) is 13.9 Å². The maximum atomic E-state index is 12.9. The summed E-state index contributed by atoms with van der Waals surface area (Å²) in [5.74, 6) is 1.34. The molecule has 0 spiro atoms. The lowest BCUT2D eigenvalue weighted by atomic mass is 9.83. The molecule has 1 atom stereocenters. The smallest absolute Gasteiger partial charge is 0.343 e. The van der Waals surface area contributed by atoms with E-state index in [1.54, 1.807) is 25.5 Å². The Labute approximate surface area is 180 Å². The van der Waals surface area contributed by atoms with Crippen molar-refractivity contribution in [3.8, 4) is 28.3 Å². The molecule has 0 bridgehead atoms. The molecule has 0 aliphatic carbocycles. The summed E-state index contributed by atoms with van der Waals surface area (Å²) < 4.78 is 18.9. The Morgan fingerprint density at radius 2 is 2.16 bits per heavy atom. The molecule has 2 aliphatic heterocycles. The third-order valence-electron chi connectivity index (χ3n) is 6.23. The van der Waals surface area contributed by atoms with Crippen LogP contribution in [0.4, 0.5) is 0 Å². The lowest BCUT2D eigenvalue weighted by molar-refractivity contribution is 0.0523. The number of nitrogens with zero attached hydrogens (tertiary/aromatic N) is 1. The van der Waals surface area contributed by atoms with Gasteiger partial charge in [0.1, 0.15) is 17.1 Å². The van der Waals surface area contributed by atoms with E-state index < -0.39 is 5.97 Å². The monoisotopic (exact) mass is 419 g/mol. The molecule has 0 fully saturated rings. The van der Waals surface area contributed by atoms with Crippen LogP contribution in [-0.4, -0.2) is 23.8 Å². The van der Waals surface area contributed by atoms with Crippen LogP contribution in [0.2, 0.25) is 0 Å². The Hall–Kier alpha value is -3.28. The van der Waals surface area contributed by atoms with Crippen LogP contribution < -0.4 is 10.2 Å². The fourth-order valence-corrected chi connectivity index (χ4v) is 4.80. The number of furan rings is 1. The molecule has 3 aromatic rings. The molecule has 1 aromatic carbocycles. The molecule has 160 valence electrons. The van der Waals surface area contributed by atoms with Gasteiger partial charge in [0.2, 0.25) is 0 Å². The van der Waals surface area contributed by atoms with Crippen molar-refractivity contribution in [2.24, 2.45) is 5.92 Å². The minimum Gasteiger partial charge on any atom is -0.492 e. The van der Waals surface area contributed by atoms with Crippen LogP contribution in [0.25, 0.3) is 22.6 Å². The van der Waals surface area contributed by atoms with Gasteiger partial charge in [-0.05, 0) is 43.0 Å². The zero-order valence-electron chi connectivity index (χ0n) is 17.9. The van der Waals surface area contributed by atoms with Crippen LogP contribution >= 0.6 is 0 Å². The van der Waals surface area contributed by atoms with Crippen LogP contribution in [0.5, 0.6) is 5.75 Å². The summed E-state index contributed by atoms with van der Waals surface area (Å²) in [6.07, 6.45) is 4.92. The first-order valence-electron chi connectivity index (χ1n) is 10.8. The molecular formula is C25H25NO5. The highest BCUT2D eigenvalue weighted by molar-refractivity contribution is 5.90. The number of aromatic nitrogens is 1. The highest BCUT2D eigenvalue weighted by Gasteiger charge is 2.34. The van der Waals surface area contributed by atoms with Crippen molar-refractivity contribution in [2.45, 2.75) is 39.7 Å². The van der Waals surface area contributed by atoms with Gasteiger partial charge < -0.3 is 18.5 Å². The van der Waals surface area contributed by atoms with Crippen molar-refractivity contribution < 1.29 is 18.7 Å². The number of hydrogen-bond acceptors (Lipinski definition) is 5. The van der Waals surface area contributed by atoms with E-state index >= 15 is 0 Å². The van der Waals surface area contributed by atoms with Gasteiger partial charge in [0, 0.05) is 35.9 Å². The summed E-state index contributed by atoms with van der Waals surface area (Å²) in [5.41, 5.74) is 4.89. The van der Waals surface area contributed by atoms with Crippen molar-refractivity contribution >= 4 is 5.97 Å². The predicted molar refractivity (Wildman–Crippen MR) is 117 cm³/mol. The highest BCUT2D eigenvalue weighted by Crippen LogP contribution is 2.48. The average Bonchev–Trinajstić information content (AvgIpc) is 3.44. The molecule has 6 nitrogen and oxygen atoms in total. The van der Waals surface area contributed by atoms with Gasteiger partial charge in [-0.2, -0.15) is 0 Å². The first kappa shape index (κ1) is 19.7. The molecule has 0 N–H and O–H groups in total. The van der Waals surface area contributed by atoms with Gasteiger partial charge in [-0.3, -0.25) is 4.79 Å². The fourth-order valence-electron chi connectivity index (χ4n) is 4.80. The normalized spacial score (nSPS) is 16.5. The van der Waals surface area contributed by atoms with E-state index in [0.717, 1.165) is 46.7 Å². The Morgan fingerprint density at radius 3 is 2.87 bits per heavy atom. The zero-order valence-corrected chi connectivity index (χ0v) is 17.9. The predicted octanol–water partition coefficient (Wildman–Crippen LogP) is 4.64. The molecular weight excluding hydrogens is 394 g/mol. The Balaban J connectivity index is 1.76. The Bertz CT molecular complexity index is 1220. The van der Waals surface area contributed by atoms with Gasteiger partial charge >= 0.3 is 5.97 Å². The molecule has 0 saturated carbocycles. The van der Waals surface area contributed by atoms with Crippen LogP contribution in [-0.2, 0) is 17.6 Å². The molecule has 0 radical (unpaired) electrons. The van der Waals surface area contributed by atoms with Crippen molar-refractivity contribution in [1.29, 1.82) is 0 Å². The molecule has 4 heterocycles. The zero-order chi connectivity index (χ0) is 21.7. The summed E-state index contributed by atoms with van der Waals surface area (Å²) in [5, 5.41) is 0. The molecule has 5 rings (SSSR count). The van der Waals surface area contributed by atoms with Crippen molar-refractivity contribution in [2.75, 3.05) is 13.2 Å². The van der Waals surface area contributed by atoms with Crippen molar-refractivity contribution in [3.05, 3.63) is 63.6 Å². The number of hydrogen-bond donors (Lipinski definition) is 0. The molecule has 0 saturated heterocycles. The van der Waals surface area contributed by atoms with Gasteiger partial charge in [0.05, 0.1) is 30.7 Å². The quantitative estimate of drug-likeness (QED) is 0.576. The lowest BCUT2D eigenvalue weighted by Crippen LogP contribution is -2.29. The number of ether oxygens (including phenoxy) is 2. The van der Waals surface area contributed by atoms with E-state index in [1.165, 1.54) is 5.56 Å². The van der Waals surface area contributed by atoms with E-state index in [1.807, 2.05) is 12.1 Å². The lowest BCUT2D eigenvalue weighted by Gasteiger charge is -2.34. The van der Waals surface area contributed by atoms with Gasteiger partial charge in [-0.15, -0.1) is 0 Å². The maximum absolute atomic E-state index is 12.9. The number of pyridine rings is 1. The number of fused-ring (bicyclic) bond motifs is 5. The maximum Gasteiger partial charge on any atom is 0.343 e. The molecule has 0 amide bonds. The van der Waals surface area contributed by atoms with Gasteiger partial charge in [-0.25, -0.2) is 4.79 Å². The molecule has 31 heavy (non-hydrogen) atoms. The molecule has 2 aliphatic rings. The van der Waals surface area contributed by atoms with E-state index in [2.05, 4.69) is 24.5 Å². The summed E-state index contributed by atoms with van der Waals surface area (Å²) in [7, 11) is 0. The highest BCUT2D eigenvalue weighted by atomic mass is 16.5. The molecule has 6 heteroatoms. The van der Waals surface area contributed by atoms with Crippen LogP contribution in [0, 0.1) is 5.92 Å². The number of benzene rings is 1. The number of carbonyl (C=O) groups excluding carboxylic acids is 1. The summed E-state index contributed by atoms with van der Waals surface area (Å²) in [6, 6.07) is 7.65. The first-order valence-corrected chi connectivity index (χ1v) is 10.8. The van der Waals surface area contributed by atoms with Crippen molar-refractivity contribution in [3.63, 3.8) is 0 Å². The van der Waals surface area contributed by atoms with E-state index in [0.29, 0.717) is 12.5 Å². The second kappa shape index (κ2) is 7.45. The third kappa shape index (κ3) is 3.09. The van der Waals surface area contributed by atoms with E-state index in [9.17, 15) is 9.59 Å². The second-order valence-electron chi connectivity index (χ2n) is 8.42. The summed E-state index contributed by atoms with van der Waals surface area (Å²) >= 11 is 0. The minimum atomic E-state index is -0.571.